The van der Waals surface area contributed by atoms with Gasteiger partial charge in [0, 0.05) is 12.3 Å². The molecular formula is C8H13N3O3S. The zero-order chi connectivity index (χ0) is 11.7. The van der Waals surface area contributed by atoms with E-state index in [1.54, 1.807) is 6.26 Å². The molecule has 0 saturated heterocycles. The van der Waals surface area contributed by atoms with E-state index in [1.165, 1.54) is 11.8 Å². The van der Waals surface area contributed by atoms with Gasteiger partial charge < -0.3 is 15.7 Å². The molecule has 0 saturated carbocycles. The minimum absolute atomic E-state index is 0.213. The molecular weight excluding hydrogens is 218 g/mol. The number of nitrogens with one attached hydrogen (secondary N) is 2. The van der Waals surface area contributed by atoms with E-state index in [4.69, 9.17) is 10.4 Å². The summed E-state index contributed by atoms with van der Waals surface area (Å²) in [4.78, 5) is 21.8. The molecule has 1 unspecified atom stereocenters. The predicted molar refractivity (Wildman–Crippen MR) is 56.6 cm³/mol. The van der Waals surface area contributed by atoms with Gasteiger partial charge in [0.25, 0.3) is 0 Å². The van der Waals surface area contributed by atoms with Crippen LogP contribution in [0, 0.1) is 11.3 Å². The molecule has 0 aliphatic rings. The van der Waals surface area contributed by atoms with Gasteiger partial charge in [0.05, 0.1) is 12.5 Å². The molecule has 0 aromatic heterocycles. The zero-order valence-corrected chi connectivity index (χ0v) is 9.13. The third kappa shape index (κ3) is 6.62. The first kappa shape index (κ1) is 13.6. The molecule has 0 aliphatic heterocycles. The second-order valence-corrected chi connectivity index (χ2v) is 3.57. The van der Waals surface area contributed by atoms with Gasteiger partial charge in [-0.2, -0.15) is 17.0 Å². The van der Waals surface area contributed by atoms with Crippen molar-refractivity contribution in [2.24, 2.45) is 0 Å². The lowest BCUT2D eigenvalue weighted by molar-refractivity contribution is -0.122. The number of carbonyl (C=O) groups is 2. The minimum Gasteiger partial charge on any atom is -0.465 e. The van der Waals surface area contributed by atoms with Crippen molar-refractivity contribution in [3.05, 3.63) is 0 Å². The highest BCUT2D eigenvalue weighted by atomic mass is 32.2. The molecule has 0 fully saturated rings. The van der Waals surface area contributed by atoms with Crippen molar-refractivity contribution in [2.75, 3.05) is 18.6 Å². The number of thioether (sulfide) groups is 1. The maximum absolute atomic E-state index is 11.4. The molecule has 0 radical (unpaired) electrons. The fourth-order valence-electron chi connectivity index (χ4n) is 0.863. The third-order valence-corrected chi connectivity index (χ3v) is 2.15. The van der Waals surface area contributed by atoms with Crippen LogP contribution in [0.15, 0.2) is 0 Å². The highest BCUT2D eigenvalue weighted by Gasteiger charge is 2.18. The summed E-state index contributed by atoms with van der Waals surface area (Å²) in [5.41, 5.74) is 0. The topological polar surface area (TPSA) is 102 Å². The van der Waals surface area contributed by atoms with Crippen LogP contribution >= 0.6 is 11.8 Å². The number of nitriles is 1. The number of hydrogen-bond donors (Lipinski definition) is 3. The van der Waals surface area contributed by atoms with E-state index in [0.29, 0.717) is 5.75 Å². The van der Waals surface area contributed by atoms with E-state index < -0.39 is 18.0 Å². The quantitative estimate of drug-likeness (QED) is 0.559. The summed E-state index contributed by atoms with van der Waals surface area (Å²) in [6.45, 7) is 0.238. The summed E-state index contributed by atoms with van der Waals surface area (Å²) in [7, 11) is 0. The van der Waals surface area contributed by atoms with Crippen molar-refractivity contribution in [2.45, 2.75) is 12.5 Å². The van der Waals surface area contributed by atoms with Crippen molar-refractivity contribution >= 4 is 23.8 Å². The van der Waals surface area contributed by atoms with Gasteiger partial charge >= 0.3 is 6.09 Å². The van der Waals surface area contributed by atoms with Gasteiger partial charge in [-0.1, -0.05) is 0 Å². The zero-order valence-electron chi connectivity index (χ0n) is 8.32. The first-order valence-corrected chi connectivity index (χ1v) is 5.64. The van der Waals surface area contributed by atoms with E-state index in [0.717, 1.165) is 0 Å². The monoisotopic (exact) mass is 231 g/mol. The molecule has 0 aliphatic carbocycles. The summed E-state index contributed by atoms with van der Waals surface area (Å²) in [6.07, 6.45) is 0.758. The minimum atomic E-state index is -1.23. The van der Waals surface area contributed by atoms with Crippen molar-refractivity contribution in [3.63, 3.8) is 0 Å². The van der Waals surface area contributed by atoms with Crippen LogP contribution in [0.25, 0.3) is 0 Å². The van der Waals surface area contributed by atoms with Crippen LogP contribution in [0.5, 0.6) is 0 Å². The largest absolute Gasteiger partial charge is 0.465 e. The van der Waals surface area contributed by atoms with Crippen LogP contribution in [-0.2, 0) is 4.79 Å². The maximum Gasteiger partial charge on any atom is 0.405 e. The average molecular weight is 231 g/mol. The van der Waals surface area contributed by atoms with E-state index in [1.807, 2.05) is 6.07 Å². The van der Waals surface area contributed by atoms with Crippen molar-refractivity contribution in [3.8, 4) is 6.07 Å². The lowest BCUT2D eigenvalue weighted by Gasteiger charge is -2.14. The molecule has 0 spiro atoms. The number of hydrogen-bond acceptors (Lipinski definition) is 4. The lowest BCUT2D eigenvalue weighted by Crippen LogP contribution is -2.48. The molecule has 84 valence electrons. The smallest absolute Gasteiger partial charge is 0.405 e. The fourth-order valence-corrected chi connectivity index (χ4v) is 1.43. The summed E-state index contributed by atoms with van der Waals surface area (Å²) in [6, 6.07) is 1.11. The molecule has 0 aromatic rings. The number of nitrogens with zero attached hydrogens (tertiary/aromatic N) is 1. The van der Waals surface area contributed by atoms with Gasteiger partial charge in [-0.3, -0.25) is 4.79 Å². The highest BCUT2D eigenvalue weighted by molar-refractivity contribution is 7.98. The van der Waals surface area contributed by atoms with Gasteiger partial charge in [-0.25, -0.2) is 4.79 Å². The van der Waals surface area contributed by atoms with Gasteiger partial charge in [0.1, 0.15) is 6.04 Å². The Bertz CT molecular complexity index is 264. The Morgan fingerprint density at radius 2 is 2.27 bits per heavy atom. The molecule has 1 atom stereocenters. The molecule has 7 heteroatoms. The van der Waals surface area contributed by atoms with Crippen LogP contribution in [0.1, 0.15) is 6.42 Å². The van der Waals surface area contributed by atoms with Gasteiger partial charge in [0.15, 0.2) is 0 Å². The molecule has 3 N–H and O–H groups in total. The Hall–Kier alpha value is -1.42. The van der Waals surface area contributed by atoms with Crippen LogP contribution in [0.3, 0.4) is 0 Å². The normalized spacial score (nSPS) is 11.2. The maximum atomic E-state index is 11.4. The Morgan fingerprint density at radius 1 is 1.60 bits per heavy atom. The highest BCUT2D eigenvalue weighted by Crippen LogP contribution is 1.97. The average Bonchev–Trinajstić information content (AvgIpc) is 2.17. The van der Waals surface area contributed by atoms with Crippen molar-refractivity contribution in [1.82, 2.24) is 10.6 Å². The van der Waals surface area contributed by atoms with Crippen LogP contribution < -0.4 is 10.6 Å². The van der Waals surface area contributed by atoms with Crippen LogP contribution in [-0.4, -0.2) is 41.7 Å². The first-order valence-electron chi connectivity index (χ1n) is 4.25. The number of carboxylic acid groups (broad SMARTS) is 1. The Labute approximate surface area is 92.0 Å². The van der Waals surface area contributed by atoms with E-state index >= 15 is 0 Å². The third-order valence-electron chi connectivity index (χ3n) is 1.48. The molecule has 0 heterocycles. The summed E-state index contributed by atoms with van der Waals surface area (Å²) in [5.74, 6) is -0.0352. The van der Waals surface area contributed by atoms with Crippen LogP contribution in [0.2, 0.25) is 0 Å². The number of amides is 2. The van der Waals surface area contributed by atoms with E-state index in [2.05, 4.69) is 10.6 Å². The molecule has 0 aromatic carbocycles. The van der Waals surface area contributed by atoms with E-state index in [-0.39, 0.29) is 13.0 Å². The SMILES string of the molecule is CSCC(NC(=O)O)C(=O)NCCC#N. The molecule has 2 amide bonds. The standard InChI is InChI=1S/C8H13N3O3S/c1-15-5-6(11-8(13)14)7(12)10-4-2-3-9/h6,11H,2,4-5H2,1H3,(H,10,12)(H,13,14). The lowest BCUT2D eigenvalue weighted by atomic mass is 10.3. The summed E-state index contributed by atoms with van der Waals surface area (Å²) in [5, 5.41) is 21.3. The summed E-state index contributed by atoms with van der Waals surface area (Å²) >= 11 is 1.37. The molecule has 0 bridgehead atoms. The molecule has 0 rings (SSSR count). The number of rotatable bonds is 6. The molecule has 6 nitrogen and oxygen atoms in total. The number of carbonyl (C=O) groups excluding carboxylic acids is 1. The second kappa shape index (κ2) is 7.94. The Kier molecular flexibility index (Phi) is 7.18. The van der Waals surface area contributed by atoms with Gasteiger partial charge in [0.2, 0.25) is 5.91 Å². The summed E-state index contributed by atoms with van der Waals surface area (Å²) < 4.78 is 0. The second-order valence-electron chi connectivity index (χ2n) is 2.66. The van der Waals surface area contributed by atoms with Gasteiger partial charge in [-0.05, 0) is 6.26 Å². The predicted octanol–water partition coefficient (Wildman–Crippen LogP) is 0.0155. The Morgan fingerprint density at radius 3 is 2.73 bits per heavy atom. The van der Waals surface area contributed by atoms with Crippen LogP contribution in [0.4, 0.5) is 4.79 Å². The van der Waals surface area contributed by atoms with Crippen molar-refractivity contribution in [1.29, 1.82) is 5.26 Å². The van der Waals surface area contributed by atoms with E-state index in [9.17, 15) is 9.59 Å². The fraction of sp³-hybridized carbons (Fsp3) is 0.625. The Balaban J connectivity index is 4.05. The molecule has 15 heavy (non-hydrogen) atoms. The van der Waals surface area contributed by atoms with Crippen molar-refractivity contribution < 1.29 is 14.7 Å². The first-order chi connectivity index (χ1) is 7.11. The van der Waals surface area contributed by atoms with Gasteiger partial charge in [-0.15, -0.1) is 0 Å².